The highest BCUT2D eigenvalue weighted by molar-refractivity contribution is 5.86. The highest BCUT2D eigenvalue weighted by Crippen LogP contribution is 2.20. The summed E-state index contributed by atoms with van der Waals surface area (Å²) in [4.78, 5) is 18.6. The van der Waals surface area contributed by atoms with Gasteiger partial charge in [-0.25, -0.2) is 4.39 Å². The molecule has 1 heterocycles. The van der Waals surface area contributed by atoms with Crippen LogP contribution in [0.5, 0.6) is 0 Å². The normalized spacial score (nSPS) is 9.93. The number of carbonyl (C=O) groups excluding carboxylic acids is 1. The molecule has 74 valence electrons. The maximum atomic E-state index is 13.0. The molecule has 3 nitrogen and oxygen atoms in total. The Morgan fingerprint density at radius 3 is 2.80 bits per heavy atom. The van der Waals surface area contributed by atoms with Crippen molar-refractivity contribution in [2.24, 2.45) is 0 Å². The SMILES string of the molecule is O=Cc1ccc(F)cc1-c1cnccn1. The molecule has 2 aromatic rings. The largest absolute Gasteiger partial charge is 0.298 e. The van der Waals surface area contributed by atoms with Gasteiger partial charge in [-0.1, -0.05) is 0 Å². The van der Waals surface area contributed by atoms with Crippen LogP contribution in [-0.4, -0.2) is 16.3 Å². The molecule has 0 N–H and O–H groups in total. The van der Waals surface area contributed by atoms with Crippen LogP contribution >= 0.6 is 0 Å². The lowest BCUT2D eigenvalue weighted by Crippen LogP contribution is -1.91. The number of rotatable bonds is 2. The fraction of sp³-hybridized carbons (Fsp3) is 0. The average molecular weight is 202 g/mol. The second-order valence-electron chi connectivity index (χ2n) is 2.94. The van der Waals surface area contributed by atoms with Crippen molar-refractivity contribution in [2.75, 3.05) is 0 Å². The third-order valence-corrected chi connectivity index (χ3v) is 1.98. The summed E-state index contributed by atoms with van der Waals surface area (Å²) in [5, 5.41) is 0. The molecule has 0 bridgehead atoms. The fourth-order valence-electron chi connectivity index (χ4n) is 1.29. The summed E-state index contributed by atoms with van der Waals surface area (Å²) in [7, 11) is 0. The van der Waals surface area contributed by atoms with Crippen molar-refractivity contribution in [3.63, 3.8) is 0 Å². The van der Waals surface area contributed by atoms with Gasteiger partial charge in [0, 0.05) is 23.5 Å². The Labute approximate surface area is 85.6 Å². The average Bonchev–Trinajstić information content (AvgIpc) is 2.30. The van der Waals surface area contributed by atoms with Crippen molar-refractivity contribution >= 4 is 6.29 Å². The molecule has 0 spiro atoms. The molecular weight excluding hydrogens is 195 g/mol. The summed E-state index contributed by atoms with van der Waals surface area (Å²) >= 11 is 0. The third kappa shape index (κ3) is 1.88. The molecule has 0 amide bonds. The van der Waals surface area contributed by atoms with E-state index in [0.29, 0.717) is 23.1 Å². The van der Waals surface area contributed by atoms with Crippen LogP contribution in [0.4, 0.5) is 4.39 Å². The van der Waals surface area contributed by atoms with Gasteiger partial charge in [0.2, 0.25) is 0 Å². The first-order valence-electron chi connectivity index (χ1n) is 4.32. The van der Waals surface area contributed by atoms with Gasteiger partial charge < -0.3 is 0 Å². The van der Waals surface area contributed by atoms with E-state index in [1.165, 1.54) is 36.8 Å². The molecule has 0 aliphatic rings. The molecule has 0 saturated heterocycles. The van der Waals surface area contributed by atoms with E-state index in [4.69, 9.17) is 0 Å². The third-order valence-electron chi connectivity index (χ3n) is 1.98. The predicted octanol–water partition coefficient (Wildman–Crippen LogP) is 2.10. The fourth-order valence-corrected chi connectivity index (χ4v) is 1.29. The van der Waals surface area contributed by atoms with E-state index in [1.807, 2.05) is 0 Å². The summed E-state index contributed by atoms with van der Waals surface area (Å²) in [6.45, 7) is 0. The minimum absolute atomic E-state index is 0.400. The smallest absolute Gasteiger partial charge is 0.150 e. The highest BCUT2D eigenvalue weighted by atomic mass is 19.1. The highest BCUT2D eigenvalue weighted by Gasteiger charge is 2.06. The first-order chi connectivity index (χ1) is 7.31. The van der Waals surface area contributed by atoms with Crippen LogP contribution in [-0.2, 0) is 0 Å². The predicted molar refractivity (Wildman–Crippen MR) is 52.8 cm³/mol. The maximum Gasteiger partial charge on any atom is 0.150 e. The number of benzene rings is 1. The number of nitrogens with zero attached hydrogens (tertiary/aromatic N) is 2. The van der Waals surface area contributed by atoms with Crippen LogP contribution in [0.15, 0.2) is 36.8 Å². The molecule has 0 fully saturated rings. The minimum atomic E-state index is -0.402. The second kappa shape index (κ2) is 3.96. The molecule has 15 heavy (non-hydrogen) atoms. The van der Waals surface area contributed by atoms with E-state index in [0.717, 1.165) is 0 Å². The Kier molecular flexibility index (Phi) is 2.49. The molecule has 0 aliphatic heterocycles. The summed E-state index contributed by atoms with van der Waals surface area (Å²) in [5.74, 6) is -0.402. The Balaban J connectivity index is 2.61. The molecule has 0 saturated carbocycles. The summed E-state index contributed by atoms with van der Waals surface area (Å²) in [5.41, 5.74) is 1.34. The summed E-state index contributed by atoms with van der Waals surface area (Å²) in [6, 6.07) is 3.93. The quantitative estimate of drug-likeness (QED) is 0.700. The van der Waals surface area contributed by atoms with Crippen molar-refractivity contribution in [1.29, 1.82) is 0 Å². The van der Waals surface area contributed by atoms with Gasteiger partial charge in [-0.05, 0) is 18.2 Å². The van der Waals surface area contributed by atoms with Crippen LogP contribution in [0.1, 0.15) is 10.4 Å². The summed E-state index contributed by atoms with van der Waals surface area (Å²) < 4.78 is 13.0. The number of hydrogen-bond donors (Lipinski definition) is 0. The van der Waals surface area contributed by atoms with Gasteiger partial charge >= 0.3 is 0 Å². The number of halogens is 1. The lowest BCUT2D eigenvalue weighted by atomic mass is 10.1. The topological polar surface area (TPSA) is 42.9 Å². The van der Waals surface area contributed by atoms with Crippen LogP contribution < -0.4 is 0 Å². The van der Waals surface area contributed by atoms with E-state index in [2.05, 4.69) is 9.97 Å². The Hall–Kier alpha value is -2.10. The van der Waals surface area contributed by atoms with Crippen molar-refractivity contribution < 1.29 is 9.18 Å². The number of carbonyl (C=O) groups is 1. The van der Waals surface area contributed by atoms with Gasteiger partial charge in [0.1, 0.15) is 5.82 Å². The Morgan fingerprint density at radius 1 is 1.27 bits per heavy atom. The van der Waals surface area contributed by atoms with Gasteiger partial charge in [-0.3, -0.25) is 14.8 Å². The molecule has 0 atom stereocenters. The zero-order valence-electron chi connectivity index (χ0n) is 7.72. The molecular formula is C11H7FN2O. The van der Waals surface area contributed by atoms with Gasteiger partial charge in [0.15, 0.2) is 6.29 Å². The van der Waals surface area contributed by atoms with Gasteiger partial charge in [0.05, 0.1) is 11.9 Å². The molecule has 1 aromatic carbocycles. The number of hydrogen-bond acceptors (Lipinski definition) is 3. The van der Waals surface area contributed by atoms with Gasteiger partial charge in [-0.15, -0.1) is 0 Å². The van der Waals surface area contributed by atoms with Crippen molar-refractivity contribution in [1.82, 2.24) is 9.97 Å². The minimum Gasteiger partial charge on any atom is -0.298 e. The molecule has 0 aliphatic carbocycles. The van der Waals surface area contributed by atoms with E-state index in [-0.39, 0.29) is 0 Å². The van der Waals surface area contributed by atoms with Gasteiger partial charge in [0.25, 0.3) is 0 Å². The second-order valence-corrected chi connectivity index (χ2v) is 2.94. The lowest BCUT2D eigenvalue weighted by molar-refractivity contribution is 0.112. The lowest BCUT2D eigenvalue weighted by Gasteiger charge is -2.02. The van der Waals surface area contributed by atoms with Crippen molar-refractivity contribution in [3.8, 4) is 11.3 Å². The van der Waals surface area contributed by atoms with E-state index >= 15 is 0 Å². The van der Waals surface area contributed by atoms with Crippen molar-refractivity contribution in [3.05, 3.63) is 48.2 Å². The first kappa shape index (κ1) is 9.45. The zero-order chi connectivity index (χ0) is 10.7. The molecule has 2 rings (SSSR count). The maximum absolute atomic E-state index is 13.0. The van der Waals surface area contributed by atoms with Crippen LogP contribution in [0.25, 0.3) is 11.3 Å². The molecule has 0 radical (unpaired) electrons. The van der Waals surface area contributed by atoms with E-state index < -0.39 is 5.82 Å². The standard InChI is InChI=1S/C11H7FN2O/c12-9-2-1-8(7-15)10(5-9)11-6-13-3-4-14-11/h1-7H. The number of aromatic nitrogens is 2. The zero-order valence-corrected chi connectivity index (χ0v) is 7.72. The van der Waals surface area contributed by atoms with E-state index in [9.17, 15) is 9.18 Å². The van der Waals surface area contributed by atoms with E-state index in [1.54, 1.807) is 0 Å². The number of aldehydes is 1. The molecule has 4 heteroatoms. The monoisotopic (exact) mass is 202 g/mol. The van der Waals surface area contributed by atoms with Gasteiger partial charge in [-0.2, -0.15) is 0 Å². The molecule has 1 aromatic heterocycles. The Morgan fingerprint density at radius 2 is 2.13 bits per heavy atom. The van der Waals surface area contributed by atoms with Crippen LogP contribution in [0.3, 0.4) is 0 Å². The Bertz CT molecular complexity index is 485. The van der Waals surface area contributed by atoms with Crippen LogP contribution in [0, 0.1) is 5.82 Å². The first-order valence-corrected chi connectivity index (χ1v) is 4.32. The summed E-state index contributed by atoms with van der Waals surface area (Å²) in [6.07, 6.45) is 5.17. The van der Waals surface area contributed by atoms with Crippen LogP contribution in [0.2, 0.25) is 0 Å². The van der Waals surface area contributed by atoms with Crippen molar-refractivity contribution in [2.45, 2.75) is 0 Å². The molecule has 0 unspecified atom stereocenters.